The monoisotopic (exact) mass is 310 g/mol. The van der Waals surface area contributed by atoms with Crippen LogP contribution in [-0.2, 0) is 4.79 Å². The first-order valence-electron chi connectivity index (χ1n) is 9.42. The first-order valence-corrected chi connectivity index (χ1v) is 9.42. The third kappa shape index (κ3) is 17.3. The largest absolute Gasteiger partial charge is 0.478 e. The lowest BCUT2D eigenvalue weighted by molar-refractivity contribution is -0.131. The van der Waals surface area contributed by atoms with Crippen LogP contribution in [0.25, 0.3) is 0 Å². The molecule has 0 radical (unpaired) electrons. The number of unbranched alkanes of at least 4 members (excludes halogenated alkanes) is 10. The quantitative estimate of drug-likeness (QED) is 0.268. The lowest BCUT2D eigenvalue weighted by Gasteiger charge is -2.05. The van der Waals surface area contributed by atoms with Gasteiger partial charge in [-0.3, -0.25) is 0 Å². The van der Waals surface area contributed by atoms with Gasteiger partial charge >= 0.3 is 5.97 Å². The van der Waals surface area contributed by atoms with Gasteiger partial charge in [0.2, 0.25) is 0 Å². The molecule has 0 heterocycles. The van der Waals surface area contributed by atoms with E-state index in [9.17, 15) is 4.79 Å². The SMILES string of the molecule is C/C(=C\C(=O)O)CCCCCCCCCCCCCC(C)C. The van der Waals surface area contributed by atoms with Gasteiger partial charge in [-0.25, -0.2) is 4.79 Å². The van der Waals surface area contributed by atoms with E-state index in [0.717, 1.165) is 24.3 Å². The molecular weight excluding hydrogens is 272 g/mol. The summed E-state index contributed by atoms with van der Waals surface area (Å²) in [4.78, 5) is 10.5. The number of allylic oxidation sites excluding steroid dienone is 1. The van der Waals surface area contributed by atoms with Gasteiger partial charge in [0.1, 0.15) is 0 Å². The topological polar surface area (TPSA) is 37.3 Å². The summed E-state index contributed by atoms with van der Waals surface area (Å²) < 4.78 is 0. The maximum atomic E-state index is 10.5. The molecule has 0 aromatic rings. The Labute approximate surface area is 138 Å². The van der Waals surface area contributed by atoms with E-state index in [2.05, 4.69) is 13.8 Å². The lowest BCUT2D eigenvalue weighted by atomic mass is 10.0. The summed E-state index contributed by atoms with van der Waals surface area (Å²) in [7, 11) is 0. The van der Waals surface area contributed by atoms with Gasteiger partial charge in [-0.05, 0) is 25.7 Å². The van der Waals surface area contributed by atoms with Crippen molar-refractivity contribution in [1.29, 1.82) is 0 Å². The predicted octanol–water partition coefficient (Wildman–Crippen LogP) is 6.74. The van der Waals surface area contributed by atoms with Crippen molar-refractivity contribution in [2.45, 2.75) is 104 Å². The Balaban J connectivity index is 3.16. The van der Waals surface area contributed by atoms with Crippen molar-refractivity contribution < 1.29 is 9.90 Å². The molecule has 2 nitrogen and oxygen atoms in total. The molecule has 0 aromatic heterocycles. The lowest BCUT2D eigenvalue weighted by Crippen LogP contribution is -1.90. The second-order valence-electron chi connectivity index (χ2n) is 7.15. The molecule has 0 aromatic carbocycles. The normalized spacial score (nSPS) is 12.1. The molecule has 0 rings (SSSR count). The molecule has 0 fully saturated rings. The van der Waals surface area contributed by atoms with E-state index in [1.807, 2.05) is 6.92 Å². The van der Waals surface area contributed by atoms with Crippen LogP contribution >= 0.6 is 0 Å². The van der Waals surface area contributed by atoms with Gasteiger partial charge in [0.15, 0.2) is 0 Å². The minimum atomic E-state index is -0.818. The molecule has 22 heavy (non-hydrogen) atoms. The average Bonchev–Trinajstić information content (AvgIpc) is 2.42. The minimum Gasteiger partial charge on any atom is -0.478 e. The van der Waals surface area contributed by atoms with Crippen LogP contribution < -0.4 is 0 Å². The first-order chi connectivity index (χ1) is 10.5. The molecule has 0 amide bonds. The summed E-state index contributed by atoms with van der Waals surface area (Å²) in [5.74, 6) is 0.0464. The Morgan fingerprint density at radius 1 is 0.818 bits per heavy atom. The van der Waals surface area contributed by atoms with Gasteiger partial charge in [0, 0.05) is 6.08 Å². The van der Waals surface area contributed by atoms with Crippen LogP contribution in [0, 0.1) is 5.92 Å². The number of aliphatic carboxylic acids is 1. The molecule has 0 saturated carbocycles. The van der Waals surface area contributed by atoms with Gasteiger partial charge < -0.3 is 5.11 Å². The second-order valence-corrected chi connectivity index (χ2v) is 7.15. The fourth-order valence-electron chi connectivity index (χ4n) is 2.83. The molecule has 0 bridgehead atoms. The first kappa shape index (κ1) is 21.2. The molecule has 0 aliphatic carbocycles. The van der Waals surface area contributed by atoms with Gasteiger partial charge in [0.25, 0.3) is 0 Å². The number of carboxylic acids is 1. The van der Waals surface area contributed by atoms with Gasteiger partial charge in [-0.15, -0.1) is 0 Å². The molecule has 0 saturated heterocycles. The highest BCUT2D eigenvalue weighted by atomic mass is 16.4. The Kier molecular flexibility index (Phi) is 14.6. The van der Waals surface area contributed by atoms with Gasteiger partial charge in [-0.2, -0.15) is 0 Å². The van der Waals surface area contributed by atoms with Crippen LogP contribution in [0.2, 0.25) is 0 Å². The zero-order valence-corrected chi connectivity index (χ0v) is 15.2. The number of hydrogen-bond donors (Lipinski definition) is 1. The summed E-state index contributed by atoms with van der Waals surface area (Å²) >= 11 is 0. The Morgan fingerprint density at radius 3 is 1.64 bits per heavy atom. The van der Waals surface area contributed by atoms with E-state index in [4.69, 9.17) is 5.11 Å². The standard InChI is InChI=1S/C20H38O2/c1-18(2)15-13-11-9-7-5-4-6-8-10-12-14-16-19(3)17-20(21)22/h17-18H,4-16H2,1-3H3,(H,21,22)/b19-17+. The number of rotatable bonds is 15. The van der Waals surface area contributed by atoms with Crippen LogP contribution in [0.3, 0.4) is 0 Å². The van der Waals surface area contributed by atoms with Crippen LogP contribution in [0.4, 0.5) is 0 Å². The van der Waals surface area contributed by atoms with Crippen LogP contribution in [0.5, 0.6) is 0 Å². The van der Waals surface area contributed by atoms with Crippen molar-refractivity contribution >= 4 is 5.97 Å². The third-order valence-corrected chi connectivity index (χ3v) is 4.22. The summed E-state index contributed by atoms with van der Waals surface area (Å²) in [5, 5.41) is 8.62. The van der Waals surface area contributed by atoms with Crippen molar-refractivity contribution in [3.63, 3.8) is 0 Å². The second kappa shape index (κ2) is 15.1. The Morgan fingerprint density at radius 2 is 1.23 bits per heavy atom. The molecular formula is C20H38O2. The van der Waals surface area contributed by atoms with E-state index in [-0.39, 0.29) is 0 Å². The van der Waals surface area contributed by atoms with Crippen molar-refractivity contribution in [3.05, 3.63) is 11.6 Å². The molecule has 2 heteroatoms. The Bertz CT molecular complexity index is 292. The highest BCUT2D eigenvalue weighted by Crippen LogP contribution is 2.15. The summed E-state index contributed by atoms with van der Waals surface area (Å²) in [5.41, 5.74) is 0.991. The van der Waals surface area contributed by atoms with Crippen molar-refractivity contribution in [2.75, 3.05) is 0 Å². The van der Waals surface area contributed by atoms with Crippen molar-refractivity contribution in [2.24, 2.45) is 5.92 Å². The molecule has 0 spiro atoms. The van der Waals surface area contributed by atoms with Crippen LogP contribution in [0.1, 0.15) is 104 Å². The van der Waals surface area contributed by atoms with E-state index >= 15 is 0 Å². The van der Waals surface area contributed by atoms with Crippen molar-refractivity contribution in [3.8, 4) is 0 Å². The fourth-order valence-corrected chi connectivity index (χ4v) is 2.83. The number of carboxylic acid groups (broad SMARTS) is 1. The van der Waals surface area contributed by atoms with Gasteiger partial charge in [-0.1, -0.05) is 90.0 Å². The smallest absolute Gasteiger partial charge is 0.328 e. The minimum absolute atomic E-state index is 0.818. The maximum Gasteiger partial charge on any atom is 0.328 e. The summed E-state index contributed by atoms with van der Waals surface area (Å²) in [6, 6.07) is 0. The Hall–Kier alpha value is -0.790. The third-order valence-electron chi connectivity index (χ3n) is 4.22. The van der Waals surface area contributed by atoms with Crippen LogP contribution in [0.15, 0.2) is 11.6 Å². The summed E-state index contributed by atoms with van der Waals surface area (Å²) in [6.07, 6.45) is 18.5. The molecule has 0 atom stereocenters. The average molecular weight is 311 g/mol. The van der Waals surface area contributed by atoms with Gasteiger partial charge in [0.05, 0.1) is 0 Å². The fraction of sp³-hybridized carbons (Fsp3) is 0.850. The number of hydrogen-bond acceptors (Lipinski definition) is 1. The molecule has 0 aliphatic heterocycles. The molecule has 0 aliphatic rings. The zero-order chi connectivity index (χ0) is 16.6. The predicted molar refractivity (Wildman–Crippen MR) is 96.3 cm³/mol. The maximum absolute atomic E-state index is 10.5. The van der Waals surface area contributed by atoms with E-state index in [1.54, 1.807) is 0 Å². The molecule has 1 N–H and O–H groups in total. The number of carbonyl (C=O) groups is 1. The summed E-state index contributed by atoms with van der Waals surface area (Å²) in [6.45, 7) is 6.53. The molecule has 130 valence electrons. The zero-order valence-electron chi connectivity index (χ0n) is 15.2. The van der Waals surface area contributed by atoms with E-state index in [0.29, 0.717) is 0 Å². The van der Waals surface area contributed by atoms with Crippen molar-refractivity contribution in [1.82, 2.24) is 0 Å². The van der Waals surface area contributed by atoms with E-state index < -0.39 is 5.97 Å². The highest BCUT2D eigenvalue weighted by Gasteiger charge is 1.97. The van der Waals surface area contributed by atoms with E-state index in [1.165, 1.54) is 76.7 Å². The molecule has 0 unspecified atom stereocenters. The highest BCUT2D eigenvalue weighted by molar-refractivity contribution is 5.80. The van der Waals surface area contributed by atoms with Crippen LogP contribution in [-0.4, -0.2) is 11.1 Å².